The second kappa shape index (κ2) is 10.2. The number of aromatic amines is 1. The fraction of sp³-hybridized carbons (Fsp3) is 0.217. The Morgan fingerprint density at radius 2 is 1.85 bits per heavy atom. The molecule has 0 radical (unpaired) electrons. The van der Waals surface area contributed by atoms with E-state index < -0.39 is 6.61 Å². The lowest BCUT2D eigenvalue weighted by atomic mass is 10.2. The van der Waals surface area contributed by atoms with Gasteiger partial charge in [0.2, 0.25) is 5.91 Å². The highest BCUT2D eigenvalue weighted by Gasteiger charge is 2.29. The van der Waals surface area contributed by atoms with Crippen molar-refractivity contribution in [3.8, 4) is 5.75 Å². The Bertz CT molecular complexity index is 1280. The Morgan fingerprint density at radius 3 is 2.56 bits per heavy atom. The molecule has 0 aliphatic heterocycles. The number of nitrogens with zero attached hydrogens (tertiary/aromatic N) is 3. The van der Waals surface area contributed by atoms with Crippen molar-refractivity contribution in [3.05, 3.63) is 66.4 Å². The summed E-state index contributed by atoms with van der Waals surface area (Å²) in [5.74, 6) is 0.852. The van der Waals surface area contributed by atoms with Crippen LogP contribution in [0, 0.1) is 18.7 Å². The molecule has 1 aliphatic rings. The first-order valence-electron chi connectivity index (χ1n) is 10.4. The minimum atomic E-state index is -2.95. The fourth-order valence-corrected chi connectivity index (χ4v) is 3.02. The summed E-state index contributed by atoms with van der Waals surface area (Å²) in [6, 6.07) is 13.2. The highest BCUT2D eigenvalue weighted by molar-refractivity contribution is 5.94. The number of carbonyl (C=O) groups is 1. The van der Waals surface area contributed by atoms with E-state index in [9.17, 15) is 18.0 Å². The Labute approximate surface area is 192 Å². The number of amides is 1. The van der Waals surface area contributed by atoms with E-state index in [0.29, 0.717) is 17.3 Å². The normalized spacial score (nSPS) is 12.7. The molecule has 2 aromatic heterocycles. The van der Waals surface area contributed by atoms with E-state index in [1.165, 1.54) is 18.3 Å². The van der Waals surface area contributed by atoms with Crippen LogP contribution in [-0.4, -0.2) is 32.7 Å². The number of benzene rings is 2. The first-order valence-corrected chi connectivity index (χ1v) is 10.4. The lowest BCUT2D eigenvalue weighted by Gasteiger charge is -2.10. The zero-order valence-corrected chi connectivity index (χ0v) is 18.1. The van der Waals surface area contributed by atoms with Gasteiger partial charge in [-0.3, -0.25) is 9.89 Å². The van der Waals surface area contributed by atoms with Crippen molar-refractivity contribution in [2.24, 2.45) is 5.92 Å². The third kappa shape index (κ3) is 6.00. The van der Waals surface area contributed by atoms with E-state index in [2.05, 4.69) is 35.5 Å². The van der Waals surface area contributed by atoms with E-state index >= 15 is 0 Å². The van der Waals surface area contributed by atoms with Gasteiger partial charge in [0.1, 0.15) is 11.6 Å². The molecule has 0 spiro atoms. The minimum absolute atomic E-state index is 0.0478. The maximum absolute atomic E-state index is 12.5. The number of aromatic nitrogens is 4. The topological polar surface area (TPSA) is 105 Å². The summed E-state index contributed by atoms with van der Waals surface area (Å²) in [4.78, 5) is 19.2. The lowest BCUT2D eigenvalue weighted by molar-refractivity contribution is -0.117. The Morgan fingerprint density at radius 1 is 1.12 bits per heavy atom. The summed E-state index contributed by atoms with van der Waals surface area (Å²) < 4.78 is 41.7. The van der Waals surface area contributed by atoms with Crippen molar-refractivity contribution in [3.63, 3.8) is 0 Å². The number of alkyl halides is 2. The molecule has 2 heterocycles. The lowest BCUT2D eigenvalue weighted by Crippen LogP contribution is -2.12. The summed E-state index contributed by atoms with van der Waals surface area (Å²) >= 11 is 0. The SMILES string of the molecule is Cc1ncc(OC(F)F)c(Nc2n[nH]c3ccccc23)n1.O=C(Nc1ccc(F)cc1)C1CC1. The first-order chi connectivity index (χ1) is 16.4. The summed E-state index contributed by atoms with van der Waals surface area (Å²) in [6.07, 6.45) is 3.16. The third-order valence-corrected chi connectivity index (χ3v) is 4.86. The van der Waals surface area contributed by atoms with Crippen molar-refractivity contribution in [2.45, 2.75) is 26.4 Å². The number of halogens is 3. The van der Waals surface area contributed by atoms with Crippen molar-refractivity contribution < 1.29 is 22.7 Å². The first kappa shape index (κ1) is 23.0. The maximum atomic E-state index is 12.5. The molecule has 1 amide bonds. The number of nitrogens with one attached hydrogen (secondary N) is 3. The number of para-hydroxylation sites is 1. The molecule has 4 aromatic rings. The molecule has 176 valence electrons. The van der Waals surface area contributed by atoms with E-state index in [1.54, 1.807) is 19.1 Å². The van der Waals surface area contributed by atoms with Gasteiger partial charge in [-0.25, -0.2) is 14.4 Å². The summed E-state index contributed by atoms with van der Waals surface area (Å²) in [5.41, 5.74) is 1.49. The van der Waals surface area contributed by atoms with Crippen LogP contribution in [0.1, 0.15) is 18.7 Å². The Balaban J connectivity index is 0.000000180. The summed E-state index contributed by atoms with van der Waals surface area (Å²) in [7, 11) is 0. The average molecular weight is 470 g/mol. The van der Waals surface area contributed by atoms with Crippen molar-refractivity contribution >= 4 is 34.1 Å². The second-order valence-corrected chi connectivity index (χ2v) is 7.52. The molecule has 11 heteroatoms. The molecule has 0 unspecified atom stereocenters. The van der Waals surface area contributed by atoms with E-state index in [4.69, 9.17) is 0 Å². The Hall–Kier alpha value is -4.15. The van der Waals surface area contributed by atoms with E-state index in [-0.39, 0.29) is 29.2 Å². The van der Waals surface area contributed by atoms with Gasteiger partial charge in [-0.05, 0) is 56.2 Å². The molecular formula is C23H21F3N6O2. The molecule has 1 saturated carbocycles. The van der Waals surface area contributed by atoms with Crippen LogP contribution >= 0.6 is 0 Å². The average Bonchev–Trinajstić information content (AvgIpc) is 3.59. The molecule has 34 heavy (non-hydrogen) atoms. The van der Waals surface area contributed by atoms with Gasteiger partial charge < -0.3 is 15.4 Å². The molecule has 1 aliphatic carbocycles. The van der Waals surface area contributed by atoms with Crippen LogP contribution in [0.25, 0.3) is 10.9 Å². The second-order valence-electron chi connectivity index (χ2n) is 7.52. The van der Waals surface area contributed by atoms with Gasteiger partial charge in [0.05, 0.1) is 11.7 Å². The molecule has 1 fully saturated rings. The molecule has 5 rings (SSSR count). The number of rotatable bonds is 6. The van der Waals surface area contributed by atoms with Gasteiger partial charge >= 0.3 is 6.61 Å². The summed E-state index contributed by atoms with van der Waals surface area (Å²) in [5, 5.41) is 13.4. The highest BCUT2D eigenvalue weighted by Crippen LogP contribution is 2.30. The van der Waals surface area contributed by atoms with Crippen LogP contribution in [0.15, 0.2) is 54.7 Å². The zero-order chi connectivity index (χ0) is 24.1. The van der Waals surface area contributed by atoms with Gasteiger partial charge in [0.15, 0.2) is 17.4 Å². The van der Waals surface area contributed by atoms with Crippen LogP contribution in [0.2, 0.25) is 0 Å². The number of ether oxygens (including phenoxy) is 1. The van der Waals surface area contributed by atoms with Crippen molar-refractivity contribution in [1.29, 1.82) is 0 Å². The summed E-state index contributed by atoms with van der Waals surface area (Å²) in [6.45, 7) is -1.30. The predicted octanol–water partition coefficient (Wildman–Crippen LogP) is 5.18. The standard InChI is InChI=1S/C13H11F2N5O.C10H10FNO/c1-7-16-6-10(21-13(14)15)12(17-7)18-11-8-4-2-3-5-9(8)19-20-11;11-8-3-5-9(6-4-8)12-10(13)7-1-2-7/h2-6,13H,1H3,(H2,16,17,18,19,20);3-7H,1-2H2,(H,12,13). The third-order valence-electron chi connectivity index (χ3n) is 4.86. The monoisotopic (exact) mass is 470 g/mol. The van der Waals surface area contributed by atoms with Crippen LogP contribution in [0.3, 0.4) is 0 Å². The number of fused-ring (bicyclic) bond motifs is 1. The smallest absolute Gasteiger partial charge is 0.387 e. The van der Waals surface area contributed by atoms with E-state index in [1.807, 2.05) is 24.3 Å². The van der Waals surface area contributed by atoms with Crippen LogP contribution in [0.4, 0.5) is 30.5 Å². The van der Waals surface area contributed by atoms with Crippen LogP contribution in [0.5, 0.6) is 5.75 Å². The zero-order valence-electron chi connectivity index (χ0n) is 18.1. The van der Waals surface area contributed by atoms with Gasteiger partial charge in [-0.15, -0.1) is 0 Å². The quantitative estimate of drug-likeness (QED) is 0.359. The highest BCUT2D eigenvalue weighted by atomic mass is 19.3. The van der Waals surface area contributed by atoms with Crippen molar-refractivity contribution in [1.82, 2.24) is 20.2 Å². The van der Waals surface area contributed by atoms with Crippen molar-refractivity contribution in [2.75, 3.05) is 10.6 Å². The van der Waals surface area contributed by atoms with Gasteiger partial charge in [0, 0.05) is 17.0 Å². The predicted molar refractivity (Wildman–Crippen MR) is 121 cm³/mol. The number of hydrogen-bond acceptors (Lipinski definition) is 6. The molecule has 3 N–H and O–H groups in total. The van der Waals surface area contributed by atoms with Gasteiger partial charge in [-0.2, -0.15) is 13.9 Å². The largest absolute Gasteiger partial charge is 0.429 e. The molecular weight excluding hydrogens is 449 g/mol. The minimum Gasteiger partial charge on any atom is -0.429 e. The molecule has 0 bridgehead atoms. The molecule has 0 atom stereocenters. The molecule has 2 aromatic carbocycles. The fourth-order valence-electron chi connectivity index (χ4n) is 3.02. The molecule has 8 nitrogen and oxygen atoms in total. The maximum Gasteiger partial charge on any atom is 0.387 e. The van der Waals surface area contributed by atoms with Gasteiger partial charge in [-0.1, -0.05) is 12.1 Å². The van der Waals surface area contributed by atoms with Gasteiger partial charge in [0.25, 0.3) is 0 Å². The number of anilines is 3. The number of carbonyl (C=O) groups excluding carboxylic acids is 1. The van der Waals surface area contributed by atoms with Crippen LogP contribution in [-0.2, 0) is 4.79 Å². The molecule has 0 saturated heterocycles. The number of H-pyrrole nitrogens is 1. The number of aryl methyl sites for hydroxylation is 1. The number of hydrogen-bond donors (Lipinski definition) is 3. The Kier molecular flexibility index (Phi) is 6.90. The van der Waals surface area contributed by atoms with E-state index in [0.717, 1.165) is 23.7 Å². The van der Waals surface area contributed by atoms with Crippen LogP contribution < -0.4 is 15.4 Å².